The first-order valence-electron chi connectivity index (χ1n) is 9.31. The molecule has 1 saturated heterocycles. The van der Waals surface area contributed by atoms with Crippen LogP contribution in [0.1, 0.15) is 5.56 Å². The van der Waals surface area contributed by atoms with Gasteiger partial charge in [0, 0.05) is 38.9 Å². The van der Waals surface area contributed by atoms with E-state index in [-0.39, 0.29) is 11.4 Å². The molecule has 0 amide bonds. The number of hydrogen-bond acceptors (Lipinski definition) is 5. The lowest BCUT2D eigenvalue weighted by Crippen LogP contribution is -2.49. The zero-order chi connectivity index (χ0) is 19.6. The molecule has 0 aliphatic carbocycles. The lowest BCUT2D eigenvalue weighted by molar-refractivity contribution is 0.180. The molecule has 0 saturated carbocycles. The van der Waals surface area contributed by atoms with Crippen LogP contribution in [0, 0.1) is 0 Å². The number of pyridine rings is 1. The Morgan fingerprint density at radius 3 is 2.32 bits per heavy atom. The van der Waals surface area contributed by atoms with Crippen molar-refractivity contribution < 1.29 is 8.42 Å². The van der Waals surface area contributed by atoms with Gasteiger partial charge in [0.05, 0.1) is 12.3 Å². The minimum atomic E-state index is -3.32. The van der Waals surface area contributed by atoms with Gasteiger partial charge in [-0.05, 0) is 17.7 Å². The van der Waals surface area contributed by atoms with Gasteiger partial charge in [-0.25, -0.2) is 17.9 Å². The highest BCUT2D eigenvalue weighted by Crippen LogP contribution is 2.13. The molecule has 4 rings (SSSR count). The molecule has 3 aromatic rings. The molecular formula is C19H23N5O3S. The Balaban J connectivity index is 1.32. The van der Waals surface area contributed by atoms with E-state index in [0.29, 0.717) is 44.9 Å². The van der Waals surface area contributed by atoms with Crippen LogP contribution in [0.4, 0.5) is 0 Å². The number of aromatic nitrogens is 3. The average Bonchev–Trinajstić information content (AvgIpc) is 3.03. The molecule has 0 radical (unpaired) electrons. The van der Waals surface area contributed by atoms with Gasteiger partial charge in [-0.3, -0.25) is 9.30 Å². The summed E-state index contributed by atoms with van der Waals surface area (Å²) in [6.07, 6.45) is 1.71. The third kappa shape index (κ3) is 4.01. The van der Waals surface area contributed by atoms with E-state index in [2.05, 4.69) is 10.00 Å². The standard InChI is InChI=1S/C19H23N5O3S/c25-19-23-9-5-4-8-18(23)20-24(19)15-12-21-10-13-22(14-11-21)28(26,27)16-17-6-2-1-3-7-17/h1-9H,10-16H2. The second-order valence-electron chi connectivity index (χ2n) is 6.92. The van der Waals surface area contributed by atoms with E-state index < -0.39 is 10.0 Å². The van der Waals surface area contributed by atoms with Crippen molar-refractivity contribution in [2.24, 2.45) is 0 Å². The Hall–Kier alpha value is -2.49. The second kappa shape index (κ2) is 7.86. The second-order valence-corrected chi connectivity index (χ2v) is 8.89. The molecule has 3 heterocycles. The number of fused-ring (bicyclic) bond motifs is 1. The number of sulfonamides is 1. The molecule has 0 N–H and O–H groups in total. The van der Waals surface area contributed by atoms with Gasteiger partial charge >= 0.3 is 5.69 Å². The van der Waals surface area contributed by atoms with E-state index >= 15 is 0 Å². The predicted octanol–water partition coefficient (Wildman–Crippen LogP) is 0.644. The zero-order valence-electron chi connectivity index (χ0n) is 15.5. The highest BCUT2D eigenvalue weighted by Gasteiger charge is 2.27. The summed E-state index contributed by atoms with van der Waals surface area (Å²) in [7, 11) is -3.32. The highest BCUT2D eigenvalue weighted by molar-refractivity contribution is 7.88. The van der Waals surface area contributed by atoms with Crippen molar-refractivity contribution in [1.29, 1.82) is 0 Å². The summed E-state index contributed by atoms with van der Waals surface area (Å²) < 4.78 is 29.8. The van der Waals surface area contributed by atoms with Crippen molar-refractivity contribution in [2.45, 2.75) is 12.3 Å². The lowest BCUT2D eigenvalue weighted by Gasteiger charge is -2.33. The highest BCUT2D eigenvalue weighted by atomic mass is 32.2. The van der Waals surface area contributed by atoms with Gasteiger partial charge in [-0.15, -0.1) is 5.10 Å². The Bertz CT molecular complexity index is 1100. The Kier molecular flexibility index (Phi) is 5.29. The molecule has 1 aromatic carbocycles. The Morgan fingerprint density at radius 1 is 0.893 bits per heavy atom. The van der Waals surface area contributed by atoms with Gasteiger partial charge < -0.3 is 0 Å². The molecule has 2 aromatic heterocycles. The quantitative estimate of drug-likeness (QED) is 0.606. The van der Waals surface area contributed by atoms with Gasteiger partial charge in [0.1, 0.15) is 0 Å². The number of benzene rings is 1. The maximum absolute atomic E-state index is 12.6. The first kappa shape index (κ1) is 18.9. The molecule has 1 aliphatic rings. The molecule has 9 heteroatoms. The Labute approximate surface area is 163 Å². The van der Waals surface area contributed by atoms with Crippen molar-refractivity contribution in [3.63, 3.8) is 0 Å². The maximum Gasteiger partial charge on any atom is 0.350 e. The topological polar surface area (TPSA) is 79.9 Å². The first-order valence-corrected chi connectivity index (χ1v) is 10.9. The number of piperazine rings is 1. The van der Waals surface area contributed by atoms with Gasteiger partial charge in [0.15, 0.2) is 5.65 Å². The summed E-state index contributed by atoms with van der Waals surface area (Å²) in [5.74, 6) is 0.0322. The van der Waals surface area contributed by atoms with Crippen LogP contribution in [0.25, 0.3) is 5.65 Å². The largest absolute Gasteiger partial charge is 0.350 e. The molecule has 28 heavy (non-hydrogen) atoms. The van der Waals surface area contributed by atoms with Crippen LogP contribution in [0.3, 0.4) is 0 Å². The minimum Gasteiger partial charge on any atom is -0.299 e. The molecule has 148 valence electrons. The molecule has 8 nitrogen and oxygen atoms in total. The SMILES string of the molecule is O=c1n(CCN2CCN(S(=O)(=O)Cc3ccccc3)CC2)nc2ccccn12. The smallest absolute Gasteiger partial charge is 0.299 e. The Morgan fingerprint density at radius 2 is 1.61 bits per heavy atom. The van der Waals surface area contributed by atoms with Gasteiger partial charge in [0.25, 0.3) is 0 Å². The number of rotatable bonds is 6. The van der Waals surface area contributed by atoms with E-state index in [1.807, 2.05) is 36.4 Å². The number of hydrogen-bond donors (Lipinski definition) is 0. The fraction of sp³-hybridized carbons (Fsp3) is 0.368. The van der Waals surface area contributed by atoms with Gasteiger partial charge in [0.2, 0.25) is 10.0 Å². The summed E-state index contributed by atoms with van der Waals surface area (Å²) in [5.41, 5.74) is 1.28. The average molecular weight is 401 g/mol. The molecule has 0 spiro atoms. The van der Waals surface area contributed by atoms with E-state index in [4.69, 9.17) is 0 Å². The maximum atomic E-state index is 12.6. The van der Waals surface area contributed by atoms with Crippen molar-refractivity contribution in [1.82, 2.24) is 23.4 Å². The van der Waals surface area contributed by atoms with Crippen molar-refractivity contribution in [2.75, 3.05) is 32.7 Å². The zero-order valence-corrected chi connectivity index (χ0v) is 16.3. The fourth-order valence-electron chi connectivity index (χ4n) is 3.46. The molecule has 1 aliphatic heterocycles. The van der Waals surface area contributed by atoms with Gasteiger partial charge in [-0.2, -0.15) is 4.31 Å². The van der Waals surface area contributed by atoms with Crippen LogP contribution in [0.5, 0.6) is 0 Å². The predicted molar refractivity (Wildman–Crippen MR) is 107 cm³/mol. The lowest BCUT2D eigenvalue weighted by atomic mass is 10.2. The summed E-state index contributed by atoms with van der Waals surface area (Å²) in [4.78, 5) is 14.5. The fourth-order valence-corrected chi connectivity index (χ4v) is 4.97. The summed E-state index contributed by atoms with van der Waals surface area (Å²) in [5, 5.41) is 4.33. The first-order chi connectivity index (χ1) is 13.5. The third-order valence-electron chi connectivity index (χ3n) is 5.03. The van der Waals surface area contributed by atoms with Crippen molar-refractivity contribution in [3.05, 3.63) is 70.8 Å². The third-order valence-corrected chi connectivity index (χ3v) is 6.88. The van der Waals surface area contributed by atoms with Crippen LogP contribution < -0.4 is 5.69 Å². The van der Waals surface area contributed by atoms with Crippen LogP contribution >= 0.6 is 0 Å². The number of nitrogens with zero attached hydrogens (tertiary/aromatic N) is 5. The molecule has 0 unspecified atom stereocenters. The summed E-state index contributed by atoms with van der Waals surface area (Å²) in [6, 6.07) is 14.7. The molecule has 0 bridgehead atoms. The summed E-state index contributed by atoms with van der Waals surface area (Å²) >= 11 is 0. The van der Waals surface area contributed by atoms with Crippen LogP contribution in [0.2, 0.25) is 0 Å². The van der Waals surface area contributed by atoms with Crippen molar-refractivity contribution in [3.8, 4) is 0 Å². The van der Waals surface area contributed by atoms with Crippen LogP contribution in [-0.2, 0) is 22.3 Å². The minimum absolute atomic E-state index is 0.0322. The van der Waals surface area contributed by atoms with Crippen LogP contribution in [-0.4, -0.2) is 64.5 Å². The monoisotopic (exact) mass is 401 g/mol. The molecular weight excluding hydrogens is 378 g/mol. The van der Waals surface area contributed by atoms with E-state index in [9.17, 15) is 13.2 Å². The molecule has 1 fully saturated rings. The molecule has 0 atom stereocenters. The summed E-state index contributed by atoms with van der Waals surface area (Å²) in [6.45, 7) is 3.38. The normalized spacial score (nSPS) is 16.6. The van der Waals surface area contributed by atoms with E-state index in [1.54, 1.807) is 22.6 Å². The van der Waals surface area contributed by atoms with Crippen LogP contribution in [0.15, 0.2) is 59.5 Å². The van der Waals surface area contributed by atoms with Crippen molar-refractivity contribution >= 4 is 15.7 Å². The van der Waals surface area contributed by atoms with E-state index in [1.165, 1.54) is 9.08 Å². The van der Waals surface area contributed by atoms with Gasteiger partial charge in [-0.1, -0.05) is 36.4 Å². The van der Waals surface area contributed by atoms with E-state index in [0.717, 1.165) is 5.56 Å².